The van der Waals surface area contributed by atoms with E-state index >= 15 is 0 Å². The fraction of sp³-hybridized carbons (Fsp3) is 0.389. The van der Waals surface area contributed by atoms with Crippen molar-refractivity contribution < 1.29 is 4.79 Å². The SMILES string of the molecule is CCCCn1c(N)c(N(CCC)C(=O)c2ccc(I)cc2)c(=O)[nH]c1=O. The first-order valence-corrected chi connectivity index (χ1v) is 9.68. The molecule has 0 atom stereocenters. The van der Waals surface area contributed by atoms with E-state index in [4.69, 9.17) is 5.73 Å². The molecule has 0 fully saturated rings. The maximum atomic E-state index is 13.0. The summed E-state index contributed by atoms with van der Waals surface area (Å²) in [6.07, 6.45) is 2.26. The number of carbonyl (C=O) groups excluding carboxylic acids is 1. The van der Waals surface area contributed by atoms with Crippen molar-refractivity contribution in [3.8, 4) is 0 Å². The van der Waals surface area contributed by atoms with Crippen LogP contribution in [0.25, 0.3) is 0 Å². The third-order valence-corrected chi connectivity index (χ3v) is 4.72. The Bertz CT molecular complexity index is 887. The zero-order chi connectivity index (χ0) is 19.3. The lowest BCUT2D eigenvalue weighted by molar-refractivity contribution is 0.0986. The van der Waals surface area contributed by atoms with E-state index in [0.29, 0.717) is 25.1 Å². The number of aromatic nitrogens is 2. The van der Waals surface area contributed by atoms with Gasteiger partial charge in [0.2, 0.25) is 0 Å². The van der Waals surface area contributed by atoms with Crippen molar-refractivity contribution in [1.82, 2.24) is 9.55 Å². The van der Waals surface area contributed by atoms with Gasteiger partial charge in [-0.3, -0.25) is 19.1 Å². The first kappa shape index (κ1) is 20.2. The lowest BCUT2D eigenvalue weighted by Gasteiger charge is -2.24. The summed E-state index contributed by atoms with van der Waals surface area (Å²) in [5, 5.41) is 0. The van der Waals surface area contributed by atoms with Gasteiger partial charge in [0.15, 0.2) is 5.69 Å². The van der Waals surface area contributed by atoms with Crippen LogP contribution in [0, 0.1) is 3.57 Å². The molecule has 7 nitrogen and oxygen atoms in total. The number of amides is 1. The van der Waals surface area contributed by atoms with Crippen molar-refractivity contribution in [2.24, 2.45) is 0 Å². The molecule has 0 saturated heterocycles. The molecular weight excluding hydrogens is 447 g/mol. The summed E-state index contributed by atoms with van der Waals surface area (Å²) in [6.45, 7) is 4.62. The monoisotopic (exact) mass is 470 g/mol. The van der Waals surface area contributed by atoms with Crippen LogP contribution in [0.4, 0.5) is 11.5 Å². The Labute approximate surface area is 165 Å². The topological polar surface area (TPSA) is 101 Å². The van der Waals surface area contributed by atoms with Gasteiger partial charge in [0.25, 0.3) is 11.5 Å². The quantitative estimate of drug-likeness (QED) is 0.608. The minimum atomic E-state index is -0.646. The summed E-state index contributed by atoms with van der Waals surface area (Å²) >= 11 is 2.16. The number of rotatable bonds is 7. The Hall–Kier alpha value is -2.10. The first-order chi connectivity index (χ1) is 12.4. The molecule has 1 amide bonds. The highest BCUT2D eigenvalue weighted by Crippen LogP contribution is 2.20. The van der Waals surface area contributed by atoms with Gasteiger partial charge in [0.1, 0.15) is 5.82 Å². The summed E-state index contributed by atoms with van der Waals surface area (Å²) in [5.74, 6) is -0.291. The zero-order valence-corrected chi connectivity index (χ0v) is 17.1. The summed E-state index contributed by atoms with van der Waals surface area (Å²) in [5.41, 5.74) is 5.44. The van der Waals surface area contributed by atoms with Gasteiger partial charge in [-0.1, -0.05) is 20.3 Å². The van der Waals surface area contributed by atoms with Gasteiger partial charge in [-0.15, -0.1) is 0 Å². The number of carbonyl (C=O) groups is 1. The number of halogens is 1. The summed E-state index contributed by atoms with van der Waals surface area (Å²) in [4.78, 5) is 41.2. The molecule has 0 aliphatic carbocycles. The van der Waals surface area contributed by atoms with Crippen LogP contribution in [-0.4, -0.2) is 22.0 Å². The van der Waals surface area contributed by atoms with Crippen LogP contribution in [0.5, 0.6) is 0 Å². The van der Waals surface area contributed by atoms with E-state index in [1.165, 1.54) is 9.47 Å². The number of H-pyrrole nitrogens is 1. The van der Waals surface area contributed by atoms with Crippen LogP contribution >= 0.6 is 22.6 Å². The number of nitrogens with two attached hydrogens (primary N) is 1. The highest BCUT2D eigenvalue weighted by Gasteiger charge is 2.24. The molecule has 8 heteroatoms. The molecule has 0 aliphatic rings. The van der Waals surface area contributed by atoms with Crippen molar-refractivity contribution in [1.29, 1.82) is 0 Å². The Kier molecular flexibility index (Phi) is 7.01. The smallest absolute Gasteiger partial charge is 0.330 e. The normalized spacial score (nSPS) is 10.7. The molecular formula is C18H23IN4O3. The van der Waals surface area contributed by atoms with Crippen LogP contribution in [0.3, 0.4) is 0 Å². The number of nitrogen functional groups attached to an aromatic ring is 1. The van der Waals surface area contributed by atoms with Crippen LogP contribution in [-0.2, 0) is 6.54 Å². The molecule has 1 aromatic carbocycles. The molecule has 0 unspecified atom stereocenters. The fourth-order valence-electron chi connectivity index (χ4n) is 2.66. The minimum Gasteiger partial charge on any atom is -0.383 e. The average molecular weight is 470 g/mol. The number of nitrogens with one attached hydrogen (secondary N) is 1. The first-order valence-electron chi connectivity index (χ1n) is 8.60. The van der Waals surface area contributed by atoms with Gasteiger partial charge in [0.05, 0.1) is 0 Å². The average Bonchev–Trinajstić information content (AvgIpc) is 2.60. The van der Waals surface area contributed by atoms with Crippen LogP contribution in [0.15, 0.2) is 33.9 Å². The van der Waals surface area contributed by atoms with Crippen molar-refractivity contribution >= 4 is 40.0 Å². The number of aromatic amines is 1. The predicted octanol–water partition coefficient (Wildman–Crippen LogP) is 2.58. The number of hydrogen-bond donors (Lipinski definition) is 2. The molecule has 2 rings (SSSR count). The molecule has 0 radical (unpaired) electrons. The van der Waals surface area contributed by atoms with Gasteiger partial charge >= 0.3 is 5.69 Å². The molecule has 26 heavy (non-hydrogen) atoms. The third-order valence-electron chi connectivity index (χ3n) is 4.00. The van der Waals surface area contributed by atoms with Gasteiger partial charge in [-0.25, -0.2) is 4.79 Å². The Morgan fingerprint density at radius 1 is 1.19 bits per heavy atom. The van der Waals surface area contributed by atoms with Crippen molar-refractivity contribution in [2.75, 3.05) is 17.2 Å². The molecule has 1 aromatic heterocycles. The van der Waals surface area contributed by atoms with E-state index in [0.717, 1.165) is 16.4 Å². The predicted molar refractivity (Wildman–Crippen MR) is 112 cm³/mol. The van der Waals surface area contributed by atoms with Crippen molar-refractivity contribution in [3.63, 3.8) is 0 Å². The lowest BCUT2D eigenvalue weighted by atomic mass is 10.2. The van der Waals surface area contributed by atoms with Crippen LogP contribution in [0.2, 0.25) is 0 Å². The Balaban J connectivity index is 2.56. The van der Waals surface area contributed by atoms with E-state index in [2.05, 4.69) is 27.6 Å². The number of hydrogen-bond acceptors (Lipinski definition) is 4. The van der Waals surface area contributed by atoms with Gasteiger partial charge in [0, 0.05) is 22.2 Å². The van der Waals surface area contributed by atoms with Gasteiger partial charge < -0.3 is 10.6 Å². The molecule has 2 aromatic rings. The van der Waals surface area contributed by atoms with E-state index in [1.54, 1.807) is 12.1 Å². The summed E-state index contributed by atoms with van der Waals surface area (Å²) < 4.78 is 2.33. The number of benzene rings is 1. The second kappa shape index (κ2) is 9.02. The zero-order valence-electron chi connectivity index (χ0n) is 14.9. The molecule has 0 bridgehead atoms. The standard InChI is InChI=1S/C18H23IN4O3/c1-3-5-11-23-15(20)14(16(24)21-18(23)26)22(10-4-2)17(25)12-6-8-13(19)9-7-12/h6-9H,3-5,10-11,20H2,1-2H3,(H,21,24,26). The van der Waals surface area contributed by atoms with Crippen LogP contribution in [0.1, 0.15) is 43.5 Å². The second-order valence-electron chi connectivity index (χ2n) is 5.96. The van der Waals surface area contributed by atoms with Gasteiger partial charge in [-0.05, 0) is 59.7 Å². The molecule has 0 aliphatic heterocycles. The summed E-state index contributed by atoms with van der Waals surface area (Å²) in [6, 6.07) is 7.08. The van der Waals surface area contributed by atoms with Gasteiger partial charge in [-0.2, -0.15) is 0 Å². The Morgan fingerprint density at radius 2 is 1.85 bits per heavy atom. The molecule has 0 spiro atoms. The third kappa shape index (κ3) is 4.35. The van der Waals surface area contributed by atoms with Crippen molar-refractivity contribution in [2.45, 2.75) is 39.7 Å². The van der Waals surface area contributed by atoms with Crippen molar-refractivity contribution in [3.05, 3.63) is 54.2 Å². The maximum absolute atomic E-state index is 13.0. The number of anilines is 2. The fourth-order valence-corrected chi connectivity index (χ4v) is 3.02. The van der Waals surface area contributed by atoms with E-state index in [-0.39, 0.29) is 17.4 Å². The molecule has 3 N–H and O–H groups in total. The van der Waals surface area contributed by atoms with E-state index in [9.17, 15) is 14.4 Å². The second-order valence-corrected chi connectivity index (χ2v) is 7.21. The van der Waals surface area contributed by atoms with Crippen LogP contribution < -0.4 is 21.9 Å². The molecule has 0 saturated carbocycles. The highest BCUT2D eigenvalue weighted by molar-refractivity contribution is 14.1. The molecule has 140 valence electrons. The number of unbranched alkanes of at least 4 members (excludes halogenated alkanes) is 1. The minimum absolute atomic E-state index is 0.0273. The Morgan fingerprint density at radius 3 is 2.42 bits per heavy atom. The number of nitrogens with zero attached hydrogens (tertiary/aromatic N) is 2. The molecule has 1 heterocycles. The summed E-state index contributed by atoms with van der Waals surface area (Å²) in [7, 11) is 0. The highest BCUT2D eigenvalue weighted by atomic mass is 127. The van der Waals surface area contributed by atoms with E-state index < -0.39 is 11.2 Å². The maximum Gasteiger partial charge on any atom is 0.330 e. The van der Waals surface area contributed by atoms with E-state index in [1.807, 2.05) is 26.0 Å². The largest absolute Gasteiger partial charge is 0.383 e. The lowest BCUT2D eigenvalue weighted by Crippen LogP contribution is -2.41.